The van der Waals surface area contributed by atoms with Crippen molar-refractivity contribution in [2.45, 2.75) is 23.5 Å². The van der Waals surface area contributed by atoms with Gasteiger partial charge in [0, 0.05) is 19.6 Å². The summed E-state index contributed by atoms with van der Waals surface area (Å²) >= 11 is 5.95. The van der Waals surface area contributed by atoms with Gasteiger partial charge < -0.3 is 9.64 Å². The minimum absolute atomic E-state index is 0.0906. The van der Waals surface area contributed by atoms with Crippen molar-refractivity contribution in [3.05, 3.63) is 29.0 Å². The van der Waals surface area contributed by atoms with Gasteiger partial charge in [-0.25, -0.2) is 12.8 Å². The zero-order valence-electron chi connectivity index (χ0n) is 12.2. The maximum absolute atomic E-state index is 14.1. The van der Waals surface area contributed by atoms with Gasteiger partial charge in [0.25, 0.3) is 0 Å². The van der Waals surface area contributed by atoms with Crippen LogP contribution >= 0.6 is 11.6 Å². The van der Waals surface area contributed by atoms with E-state index in [1.165, 1.54) is 16.4 Å². The summed E-state index contributed by atoms with van der Waals surface area (Å²) in [6.07, 6.45) is 0.614. The number of likely N-dealkylation sites (N-methyl/N-ethyl adjacent to an activating group) is 1. The zero-order chi connectivity index (χ0) is 15.9. The third-order valence-corrected chi connectivity index (χ3v) is 6.65. The predicted molar refractivity (Wildman–Crippen MR) is 80.9 cm³/mol. The number of morpholine rings is 1. The molecule has 0 radical (unpaired) electrons. The monoisotopic (exact) mass is 348 g/mol. The van der Waals surface area contributed by atoms with Crippen LogP contribution in [0.1, 0.15) is 6.42 Å². The first-order valence-corrected chi connectivity index (χ1v) is 8.99. The molecule has 2 saturated heterocycles. The number of ether oxygens (including phenoxy) is 1. The zero-order valence-corrected chi connectivity index (χ0v) is 13.8. The molecule has 0 unspecified atom stereocenters. The maximum atomic E-state index is 14.1. The lowest BCUT2D eigenvalue weighted by Crippen LogP contribution is -2.60. The van der Waals surface area contributed by atoms with Gasteiger partial charge in [-0.2, -0.15) is 4.31 Å². The van der Waals surface area contributed by atoms with Gasteiger partial charge in [-0.05, 0) is 25.6 Å². The van der Waals surface area contributed by atoms with Gasteiger partial charge in [-0.1, -0.05) is 17.7 Å². The summed E-state index contributed by atoms with van der Waals surface area (Å²) in [6.45, 7) is 1.95. The van der Waals surface area contributed by atoms with E-state index in [0.29, 0.717) is 13.2 Å². The molecule has 2 atom stereocenters. The van der Waals surface area contributed by atoms with Crippen molar-refractivity contribution in [2.24, 2.45) is 0 Å². The first-order valence-electron chi connectivity index (χ1n) is 7.17. The summed E-state index contributed by atoms with van der Waals surface area (Å²) in [5, 5.41) is -0.0906. The van der Waals surface area contributed by atoms with Crippen LogP contribution in [0.5, 0.6) is 0 Å². The fraction of sp³-hybridized carbons (Fsp3) is 0.571. The van der Waals surface area contributed by atoms with Crippen LogP contribution < -0.4 is 0 Å². The summed E-state index contributed by atoms with van der Waals surface area (Å²) in [5.74, 6) is -0.820. The molecule has 0 amide bonds. The molecule has 0 aliphatic carbocycles. The second-order valence-corrected chi connectivity index (χ2v) is 7.93. The largest absolute Gasteiger partial charge is 0.375 e. The van der Waals surface area contributed by atoms with Crippen LogP contribution in [0.2, 0.25) is 5.02 Å². The van der Waals surface area contributed by atoms with Gasteiger partial charge in [-0.3, -0.25) is 0 Å². The fourth-order valence-electron chi connectivity index (χ4n) is 3.14. The summed E-state index contributed by atoms with van der Waals surface area (Å²) in [7, 11) is -2.06. The van der Waals surface area contributed by atoms with E-state index >= 15 is 0 Å². The Hall–Kier alpha value is -0.730. The molecule has 0 spiro atoms. The minimum atomic E-state index is -4.00. The van der Waals surface area contributed by atoms with Gasteiger partial charge in [-0.15, -0.1) is 0 Å². The van der Waals surface area contributed by atoms with E-state index < -0.39 is 20.7 Å². The van der Waals surface area contributed by atoms with E-state index in [0.717, 1.165) is 19.0 Å². The van der Waals surface area contributed by atoms with Gasteiger partial charge in [0.15, 0.2) is 0 Å². The van der Waals surface area contributed by atoms with Crippen molar-refractivity contribution in [3.63, 3.8) is 0 Å². The highest BCUT2D eigenvalue weighted by Gasteiger charge is 2.43. The molecule has 122 valence electrons. The predicted octanol–water partition coefficient (Wildman–Crippen LogP) is 1.57. The smallest absolute Gasteiger partial charge is 0.247 e. The van der Waals surface area contributed by atoms with Gasteiger partial charge in [0.05, 0.1) is 23.8 Å². The molecule has 2 aliphatic rings. The Balaban J connectivity index is 2.00. The number of benzene rings is 1. The highest BCUT2D eigenvalue weighted by Crippen LogP contribution is 2.32. The standard InChI is InChI=1S/C14H18ClFN2O3S/c1-17-6-5-13-12(9-17)18(7-8-21-13)22(19,20)14-10(15)3-2-4-11(14)16/h2-4,12-13H,5-9H2,1H3/t12-,13-/m1/s1. The number of hydrogen-bond acceptors (Lipinski definition) is 4. The molecule has 3 rings (SSSR count). The van der Waals surface area contributed by atoms with Crippen molar-refractivity contribution in [1.82, 2.24) is 9.21 Å². The molecule has 0 bridgehead atoms. The Morgan fingerprint density at radius 2 is 2.14 bits per heavy atom. The highest BCUT2D eigenvalue weighted by atomic mass is 35.5. The Morgan fingerprint density at radius 1 is 1.36 bits per heavy atom. The van der Waals surface area contributed by atoms with Gasteiger partial charge >= 0.3 is 0 Å². The van der Waals surface area contributed by atoms with E-state index in [1.807, 2.05) is 7.05 Å². The molecule has 2 heterocycles. The lowest BCUT2D eigenvalue weighted by atomic mass is 10.0. The number of sulfonamides is 1. The molecular formula is C14H18ClFN2O3S. The van der Waals surface area contributed by atoms with E-state index in [2.05, 4.69) is 4.90 Å². The Bertz CT molecular complexity index is 650. The molecule has 8 heteroatoms. The van der Waals surface area contributed by atoms with Crippen LogP contribution in [0, 0.1) is 5.82 Å². The van der Waals surface area contributed by atoms with E-state index in [9.17, 15) is 12.8 Å². The molecule has 0 N–H and O–H groups in total. The number of hydrogen-bond donors (Lipinski definition) is 0. The topological polar surface area (TPSA) is 49.9 Å². The van der Waals surface area contributed by atoms with Crippen LogP contribution in [0.15, 0.2) is 23.1 Å². The molecule has 22 heavy (non-hydrogen) atoms. The minimum Gasteiger partial charge on any atom is -0.375 e. The maximum Gasteiger partial charge on any atom is 0.247 e. The molecule has 2 fully saturated rings. The van der Waals surface area contributed by atoms with Gasteiger partial charge in [0.2, 0.25) is 10.0 Å². The summed E-state index contributed by atoms with van der Waals surface area (Å²) in [6, 6.07) is 3.59. The number of halogens is 2. The molecule has 1 aromatic rings. The lowest BCUT2D eigenvalue weighted by Gasteiger charge is -2.45. The Morgan fingerprint density at radius 3 is 2.86 bits per heavy atom. The first kappa shape index (κ1) is 16.1. The summed E-state index contributed by atoms with van der Waals surface area (Å²) < 4.78 is 46.9. The fourth-order valence-corrected chi connectivity index (χ4v) is 5.34. The quantitative estimate of drug-likeness (QED) is 0.814. The van der Waals surface area contributed by atoms with E-state index in [1.54, 1.807) is 0 Å². The second kappa shape index (κ2) is 6.05. The third-order valence-electron chi connectivity index (χ3n) is 4.22. The first-order chi connectivity index (χ1) is 10.4. The average molecular weight is 349 g/mol. The normalized spacial score (nSPS) is 27.6. The molecule has 2 aliphatic heterocycles. The number of piperidine rings is 1. The van der Waals surface area contributed by atoms with Crippen molar-refractivity contribution in [3.8, 4) is 0 Å². The van der Waals surface area contributed by atoms with Crippen LogP contribution in [-0.2, 0) is 14.8 Å². The molecule has 0 saturated carbocycles. The highest BCUT2D eigenvalue weighted by molar-refractivity contribution is 7.89. The number of likely N-dealkylation sites (tertiary alicyclic amines) is 1. The number of rotatable bonds is 2. The molecular weight excluding hydrogens is 331 g/mol. The van der Waals surface area contributed by atoms with E-state index in [-0.39, 0.29) is 23.7 Å². The van der Waals surface area contributed by atoms with Crippen LogP contribution in [-0.4, -0.2) is 63.1 Å². The van der Waals surface area contributed by atoms with Crippen LogP contribution in [0.4, 0.5) is 4.39 Å². The van der Waals surface area contributed by atoms with Crippen molar-refractivity contribution < 1.29 is 17.5 Å². The summed E-state index contributed by atoms with van der Waals surface area (Å²) in [4.78, 5) is 1.62. The number of fused-ring (bicyclic) bond motifs is 1. The molecule has 0 aromatic heterocycles. The third kappa shape index (κ3) is 2.76. The number of nitrogens with zero attached hydrogens (tertiary/aromatic N) is 2. The van der Waals surface area contributed by atoms with Crippen LogP contribution in [0.3, 0.4) is 0 Å². The SMILES string of the molecule is CN1CC[C@H]2OCCN(S(=O)(=O)c3c(F)cccc3Cl)[C@@H]2C1. The van der Waals surface area contributed by atoms with Crippen LogP contribution in [0.25, 0.3) is 0 Å². The van der Waals surface area contributed by atoms with Crippen molar-refractivity contribution in [1.29, 1.82) is 0 Å². The van der Waals surface area contributed by atoms with Gasteiger partial charge in [0.1, 0.15) is 10.7 Å². The average Bonchev–Trinajstić information content (AvgIpc) is 2.46. The second-order valence-electron chi connectivity index (χ2n) is 5.69. The lowest BCUT2D eigenvalue weighted by molar-refractivity contribution is -0.0720. The molecule has 1 aromatic carbocycles. The van der Waals surface area contributed by atoms with Crippen molar-refractivity contribution >= 4 is 21.6 Å². The Kier molecular flexibility index (Phi) is 4.44. The molecule has 5 nitrogen and oxygen atoms in total. The Labute approximate surface area is 134 Å². The summed E-state index contributed by atoms with van der Waals surface area (Å²) in [5.41, 5.74) is 0. The van der Waals surface area contributed by atoms with Crippen molar-refractivity contribution in [2.75, 3.05) is 33.3 Å². The van der Waals surface area contributed by atoms with E-state index in [4.69, 9.17) is 16.3 Å².